The molecule has 0 saturated heterocycles. The van der Waals surface area contributed by atoms with Crippen LogP contribution in [0.4, 0.5) is 0 Å². The van der Waals surface area contributed by atoms with Crippen molar-refractivity contribution in [1.82, 2.24) is 0 Å². The highest BCUT2D eigenvalue weighted by Crippen LogP contribution is 2.18. The van der Waals surface area contributed by atoms with Crippen LogP contribution in [0.1, 0.15) is 24.9 Å². The van der Waals surface area contributed by atoms with Crippen molar-refractivity contribution in [2.45, 2.75) is 19.4 Å². The monoisotopic (exact) mass is 249 g/mol. The maximum absolute atomic E-state index is 5.84. The quantitative estimate of drug-likeness (QED) is 0.856. The van der Waals surface area contributed by atoms with Gasteiger partial charge in [-0.05, 0) is 24.1 Å². The fourth-order valence-electron chi connectivity index (χ4n) is 0.973. The third-order valence-corrected chi connectivity index (χ3v) is 2.21. The van der Waals surface area contributed by atoms with E-state index in [9.17, 15) is 0 Å². The average Bonchev–Trinajstić information content (AvgIpc) is 2.03. The molecule has 12 heavy (non-hydrogen) atoms. The van der Waals surface area contributed by atoms with Crippen molar-refractivity contribution in [3.05, 3.63) is 34.3 Å². The Balaban J connectivity index is 0.00000121. The van der Waals surface area contributed by atoms with Gasteiger partial charge >= 0.3 is 0 Å². The highest BCUT2D eigenvalue weighted by molar-refractivity contribution is 9.10. The highest BCUT2D eigenvalue weighted by atomic mass is 79.9. The number of rotatable bonds is 2. The summed E-state index contributed by atoms with van der Waals surface area (Å²) in [4.78, 5) is 0. The summed E-state index contributed by atoms with van der Waals surface area (Å²) < 4.78 is 1.10. The van der Waals surface area contributed by atoms with E-state index in [0.29, 0.717) is 0 Å². The minimum Gasteiger partial charge on any atom is -0.324 e. The molecule has 0 fully saturated rings. The number of halogens is 2. The van der Waals surface area contributed by atoms with Crippen LogP contribution < -0.4 is 5.73 Å². The summed E-state index contributed by atoms with van der Waals surface area (Å²) in [7, 11) is 0. The molecule has 0 bridgehead atoms. The van der Waals surface area contributed by atoms with E-state index >= 15 is 0 Å². The molecule has 0 spiro atoms. The molecular weight excluding hydrogens is 237 g/mol. The van der Waals surface area contributed by atoms with Gasteiger partial charge in [0.1, 0.15) is 0 Å². The Kier molecular flexibility index (Phi) is 5.55. The maximum atomic E-state index is 5.84. The van der Waals surface area contributed by atoms with Crippen molar-refractivity contribution in [1.29, 1.82) is 0 Å². The topological polar surface area (TPSA) is 26.0 Å². The van der Waals surface area contributed by atoms with E-state index in [-0.39, 0.29) is 18.4 Å². The summed E-state index contributed by atoms with van der Waals surface area (Å²) in [5, 5.41) is 0. The van der Waals surface area contributed by atoms with Gasteiger partial charge in [0.15, 0.2) is 0 Å². The van der Waals surface area contributed by atoms with Gasteiger partial charge in [0.2, 0.25) is 0 Å². The molecule has 0 unspecified atom stereocenters. The smallest absolute Gasteiger partial charge is 0.0292 e. The second kappa shape index (κ2) is 5.57. The average molecular weight is 251 g/mol. The van der Waals surface area contributed by atoms with E-state index < -0.39 is 0 Å². The van der Waals surface area contributed by atoms with Crippen LogP contribution in [0.15, 0.2) is 28.7 Å². The molecule has 68 valence electrons. The largest absolute Gasteiger partial charge is 0.324 e. The molecule has 2 N–H and O–H groups in total. The van der Waals surface area contributed by atoms with Gasteiger partial charge in [-0.1, -0.05) is 35.0 Å². The van der Waals surface area contributed by atoms with Gasteiger partial charge in [0.25, 0.3) is 0 Å². The van der Waals surface area contributed by atoms with Gasteiger partial charge in [-0.15, -0.1) is 12.4 Å². The van der Waals surface area contributed by atoms with Gasteiger partial charge in [0, 0.05) is 10.5 Å². The first-order valence-electron chi connectivity index (χ1n) is 3.75. The Bertz CT molecular complexity index is 240. The predicted molar refractivity (Wildman–Crippen MR) is 58.6 cm³/mol. The van der Waals surface area contributed by atoms with Crippen LogP contribution in [-0.2, 0) is 0 Å². The van der Waals surface area contributed by atoms with Crippen LogP contribution >= 0.6 is 28.3 Å². The second-order valence-electron chi connectivity index (χ2n) is 2.57. The number of nitrogens with two attached hydrogens (primary N) is 1. The van der Waals surface area contributed by atoms with E-state index in [2.05, 4.69) is 35.0 Å². The van der Waals surface area contributed by atoms with Crippen LogP contribution in [-0.4, -0.2) is 0 Å². The minimum absolute atomic E-state index is 0. The summed E-state index contributed by atoms with van der Waals surface area (Å²) in [5.74, 6) is 0. The van der Waals surface area contributed by atoms with Crippen molar-refractivity contribution in [2.75, 3.05) is 0 Å². The molecule has 0 saturated carbocycles. The van der Waals surface area contributed by atoms with Crippen molar-refractivity contribution in [3.8, 4) is 0 Å². The molecule has 0 amide bonds. The summed E-state index contributed by atoms with van der Waals surface area (Å²) in [6, 6.07) is 8.31. The SMILES string of the molecule is CC[C@H](N)c1cccc(Br)c1.Cl. The van der Waals surface area contributed by atoms with Crippen LogP contribution in [0.5, 0.6) is 0 Å². The molecule has 1 aromatic carbocycles. The lowest BCUT2D eigenvalue weighted by Crippen LogP contribution is -2.07. The third-order valence-electron chi connectivity index (χ3n) is 1.72. The molecule has 3 heteroatoms. The minimum atomic E-state index is 0. The Labute approximate surface area is 87.9 Å². The standard InChI is InChI=1S/C9H12BrN.ClH/c1-2-9(11)7-4-3-5-8(10)6-7;/h3-6,9H,2,11H2,1H3;1H/t9-;/m0./s1. The molecule has 0 aliphatic heterocycles. The second-order valence-corrected chi connectivity index (χ2v) is 3.49. The molecule has 0 aliphatic rings. The molecule has 0 radical (unpaired) electrons. The fourth-order valence-corrected chi connectivity index (χ4v) is 1.39. The summed E-state index contributed by atoms with van der Waals surface area (Å²) in [5.41, 5.74) is 7.04. The van der Waals surface area contributed by atoms with E-state index in [1.165, 1.54) is 5.56 Å². The van der Waals surface area contributed by atoms with Crippen molar-refractivity contribution in [3.63, 3.8) is 0 Å². The van der Waals surface area contributed by atoms with Crippen molar-refractivity contribution >= 4 is 28.3 Å². The van der Waals surface area contributed by atoms with Crippen LogP contribution in [0, 0.1) is 0 Å². The van der Waals surface area contributed by atoms with E-state index in [4.69, 9.17) is 5.73 Å². The van der Waals surface area contributed by atoms with Gasteiger partial charge in [-0.3, -0.25) is 0 Å². The van der Waals surface area contributed by atoms with Crippen LogP contribution in [0.3, 0.4) is 0 Å². The Morgan fingerprint density at radius 1 is 1.50 bits per heavy atom. The van der Waals surface area contributed by atoms with Gasteiger partial charge < -0.3 is 5.73 Å². The molecular formula is C9H13BrClN. The summed E-state index contributed by atoms with van der Waals surface area (Å²) in [6.45, 7) is 2.09. The fraction of sp³-hybridized carbons (Fsp3) is 0.333. The Morgan fingerprint density at radius 2 is 2.17 bits per heavy atom. The molecule has 0 heterocycles. The lowest BCUT2D eigenvalue weighted by Gasteiger charge is -2.08. The zero-order valence-corrected chi connectivity index (χ0v) is 9.36. The number of hydrogen-bond acceptors (Lipinski definition) is 1. The van der Waals surface area contributed by atoms with Crippen LogP contribution in [0.2, 0.25) is 0 Å². The zero-order valence-electron chi connectivity index (χ0n) is 6.96. The van der Waals surface area contributed by atoms with E-state index in [0.717, 1.165) is 10.9 Å². The zero-order chi connectivity index (χ0) is 8.27. The maximum Gasteiger partial charge on any atom is 0.0292 e. The first-order valence-corrected chi connectivity index (χ1v) is 4.54. The van der Waals surface area contributed by atoms with Gasteiger partial charge in [0.05, 0.1) is 0 Å². The van der Waals surface area contributed by atoms with Gasteiger partial charge in [-0.2, -0.15) is 0 Å². The summed E-state index contributed by atoms with van der Waals surface area (Å²) in [6.07, 6.45) is 0.983. The van der Waals surface area contributed by atoms with Gasteiger partial charge in [-0.25, -0.2) is 0 Å². The molecule has 1 nitrogen and oxygen atoms in total. The van der Waals surface area contributed by atoms with E-state index in [1.807, 2.05) is 12.1 Å². The molecule has 1 aromatic rings. The molecule has 1 rings (SSSR count). The third kappa shape index (κ3) is 3.13. The molecule has 0 aliphatic carbocycles. The van der Waals surface area contributed by atoms with Crippen LogP contribution in [0.25, 0.3) is 0 Å². The lowest BCUT2D eigenvalue weighted by molar-refractivity contribution is 0.698. The van der Waals surface area contributed by atoms with Crippen molar-refractivity contribution in [2.24, 2.45) is 5.73 Å². The number of hydrogen-bond donors (Lipinski definition) is 1. The molecule has 1 atom stereocenters. The predicted octanol–water partition coefficient (Wildman–Crippen LogP) is 3.28. The molecule has 0 aromatic heterocycles. The highest BCUT2D eigenvalue weighted by Gasteiger charge is 2.01. The Morgan fingerprint density at radius 3 is 2.67 bits per heavy atom. The summed E-state index contributed by atoms with van der Waals surface area (Å²) >= 11 is 3.40. The first kappa shape index (κ1) is 11.9. The number of benzene rings is 1. The lowest BCUT2D eigenvalue weighted by atomic mass is 10.1. The Hall–Kier alpha value is -0.0500. The normalized spacial score (nSPS) is 11.9. The van der Waals surface area contributed by atoms with E-state index in [1.54, 1.807) is 0 Å². The first-order chi connectivity index (χ1) is 5.24. The van der Waals surface area contributed by atoms with Crippen molar-refractivity contribution < 1.29 is 0 Å².